The van der Waals surface area contributed by atoms with Crippen LogP contribution in [0.2, 0.25) is 0 Å². The number of aryl methyl sites for hydroxylation is 1. The predicted octanol–water partition coefficient (Wildman–Crippen LogP) is 3.98. The number of piperidine rings is 1. The quantitative estimate of drug-likeness (QED) is 0.700. The number of rotatable bonds is 4. The van der Waals surface area contributed by atoms with Crippen LogP contribution in [0.15, 0.2) is 30.5 Å². The van der Waals surface area contributed by atoms with E-state index in [0.29, 0.717) is 11.3 Å². The number of fused-ring (bicyclic) bond motifs is 1. The summed E-state index contributed by atoms with van der Waals surface area (Å²) in [6.45, 7) is 1.50. The van der Waals surface area contributed by atoms with E-state index in [4.69, 9.17) is 10.00 Å². The van der Waals surface area contributed by atoms with E-state index < -0.39 is 0 Å². The van der Waals surface area contributed by atoms with Crippen molar-refractivity contribution in [3.8, 4) is 11.8 Å². The highest BCUT2D eigenvalue weighted by molar-refractivity contribution is 5.93. The summed E-state index contributed by atoms with van der Waals surface area (Å²) >= 11 is 0. The molecule has 35 heavy (non-hydrogen) atoms. The monoisotopic (exact) mass is 474 g/mol. The number of carbonyl (C=O) groups is 2. The number of hydrogen-bond acceptors (Lipinski definition) is 4. The molecule has 0 bridgehead atoms. The molecule has 1 unspecified atom stereocenters. The van der Waals surface area contributed by atoms with Gasteiger partial charge in [0, 0.05) is 31.2 Å². The smallest absolute Gasteiger partial charge is 0.270 e. The highest BCUT2D eigenvalue weighted by Gasteiger charge is 2.40. The maximum atomic E-state index is 13.1. The molecule has 2 fully saturated rings. The van der Waals surface area contributed by atoms with Gasteiger partial charge in [0.2, 0.25) is 5.91 Å². The van der Waals surface area contributed by atoms with E-state index in [0.717, 1.165) is 76.6 Å². The number of nitrogens with one attached hydrogen (secondary N) is 2. The Hall–Kier alpha value is -3.27. The van der Waals surface area contributed by atoms with E-state index in [-0.39, 0.29) is 29.2 Å². The molecule has 7 heteroatoms. The van der Waals surface area contributed by atoms with Crippen molar-refractivity contribution in [2.45, 2.75) is 63.8 Å². The Morgan fingerprint density at radius 3 is 2.63 bits per heavy atom. The van der Waals surface area contributed by atoms with Crippen molar-refractivity contribution < 1.29 is 14.3 Å². The summed E-state index contributed by atoms with van der Waals surface area (Å²) in [5.41, 5.74) is 3.75. The lowest BCUT2D eigenvalue weighted by Crippen LogP contribution is -2.48. The number of amides is 2. The van der Waals surface area contributed by atoms with Crippen molar-refractivity contribution in [2.75, 3.05) is 20.2 Å². The molecule has 1 spiro atoms. The summed E-state index contributed by atoms with van der Waals surface area (Å²) in [7, 11) is 1.70. The molecule has 2 heterocycles. The molecule has 2 amide bonds. The van der Waals surface area contributed by atoms with Crippen LogP contribution in [0.4, 0.5) is 0 Å². The van der Waals surface area contributed by atoms with E-state index >= 15 is 0 Å². The lowest BCUT2D eigenvalue weighted by molar-refractivity contribution is -0.126. The average molecular weight is 475 g/mol. The third-order valence-electron chi connectivity index (χ3n) is 8.58. The fourth-order valence-corrected chi connectivity index (χ4v) is 6.30. The molecule has 2 N–H and O–H groups in total. The summed E-state index contributed by atoms with van der Waals surface area (Å²) in [6.07, 6.45) is 10.4. The van der Waals surface area contributed by atoms with Crippen molar-refractivity contribution >= 4 is 11.8 Å². The molecular formula is C28H34N4O3. The molecule has 1 aliphatic heterocycles. The first kappa shape index (κ1) is 23.5. The number of hydrogen-bond donors (Lipinski definition) is 2. The Bertz CT molecular complexity index is 1120. The van der Waals surface area contributed by atoms with Gasteiger partial charge in [0.15, 0.2) is 0 Å². The third-order valence-corrected chi connectivity index (χ3v) is 8.58. The minimum Gasteiger partial charge on any atom is -0.496 e. The molecule has 2 aliphatic carbocycles. The van der Waals surface area contributed by atoms with Crippen LogP contribution in [0.25, 0.3) is 0 Å². The Labute approximate surface area is 206 Å². The van der Waals surface area contributed by atoms with Crippen molar-refractivity contribution in [1.82, 2.24) is 15.2 Å². The summed E-state index contributed by atoms with van der Waals surface area (Å²) in [5, 5.41) is 12.4. The molecule has 3 aliphatic rings. The largest absolute Gasteiger partial charge is 0.496 e. The van der Waals surface area contributed by atoms with Crippen LogP contribution in [0, 0.1) is 22.7 Å². The summed E-state index contributed by atoms with van der Waals surface area (Å²) < 4.78 is 5.54. The number of nitriles is 1. The van der Waals surface area contributed by atoms with Crippen molar-refractivity contribution in [1.29, 1.82) is 5.26 Å². The molecule has 184 valence electrons. The zero-order valence-corrected chi connectivity index (χ0v) is 20.4. The number of carbonyl (C=O) groups excluding carboxylic acids is 2. The first-order valence-electron chi connectivity index (χ1n) is 12.8. The molecule has 1 aromatic heterocycles. The average Bonchev–Trinajstić information content (AvgIpc) is 3.39. The van der Waals surface area contributed by atoms with Gasteiger partial charge in [-0.15, -0.1) is 0 Å². The first-order chi connectivity index (χ1) is 17.0. The summed E-state index contributed by atoms with van der Waals surface area (Å²) in [4.78, 5) is 30.7. The molecule has 1 saturated carbocycles. The van der Waals surface area contributed by atoms with Gasteiger partial charge >= 0.3 is 0 Å². The molecule has 5 rings (SSSR count). The van der Waals surface area contributed by atoms with E-state index in [1.54, 1.807) is 19.4 Å². The Morgan fingerprint density at radius 2 is 1.94 bits per heavy atom. The molecule has 1 saturated heterocycles. The molecule has 1 aromatic carbocycles. The van der Waals surface area contributed by atoms with Gasteiger partial charge in [0.25, 0.3) is 5.91 Å². The van der Waals surface area contributed by atoms with Crippen LogP contribution >= 0.6 is 0 Å². The summed E-state index contributed by atoms with van der Waals surface area (Å²) in [6, 6.07) is 10.1. The molecule has 7 nitrogen and oxygen atoms in total. The van der Waals surface area contributed by atoms with E-state index in [9.17, 15) is 9.59 Å². The van der Waals surface area contributed by atoms with Crippen LogP contribution in [0.1, 0.15) is 72.1 Å². The Balaban J connectivity index is 1.11. The van der Waals surface area contributed by atoms with Gasteiger partial charge in [-0.25, -0.2) is 0 Å². The van der Waals surface area contributed by atoms with Crippen LogP contribution in [-0.4, -0.2) is 47.9 Å². The highest BCUT2D eigenvalue weighted by atomic mass is 16.5. The molecule has 2 aromatic rings. The second kappa shape index (κ2) is 9.77. The van der Waals surface area contributed by atoms with Gasteiger partial charge in [-0.2, -0.15) is 5.26 Å². The second-order valence-electron chi connectivity index (χ2n) is 10.5. The van der Waals surface area contributed by atoms with Gasteiger partial charge in [-0.3, -0.25) is 9.59 Å². The zero-order chi connectivity index (χ0) is 24.4. The standard InChI is InChI=1S/C28H34N4O3/c1-35-25-4-2-3-20-5-6-21(16-23(20)25)26(33)31-22-7-9-28(10-8-22)11-13-32(14-12-28)27(34)24-15-19(17-29)18-30-24/h2-4,15,18,21-22,30H,5-14,16H2,1H3,(H,31,33). The number of H-pyrrole nitrogens is 1. The number of likely N-dealkylation sites (tertiary alicyclic amines) is 1. The minimum atomic E-state index is -0.0204. The normalized spacial score (nSPS) is 21.7. The van der Waals surface area contributed by atoms with Gasteiger partial charge in [-0.1, -0.05) is 12.1 Å². The fourth-order valence-electron chi connectivity index (χ4n) is 6.30. The molecule has 0 radical (unpaired) electrons. The fraction of sp³-hybridized carbons (Fsp3) is 0.536. The van der Waals surface area contributed by atoms with Gasteiger partial charge in [-0.05, 0) is 86.5 Å². The molecular weight excluding hydrogens is 440 g/mol. The second-order valence-corrected chi connectivity index (χ2v) is 10.5. The zero-order valence-electron chi connectivity index (χ0n) is 20.4. The van der Waals surface area contributed by atoms with Gasteiger partial charge in [0.05, 0.1) is 12.7 Å². The van der Waals surface area contributed by atoms with E-state index in [1.165, 1.54) is 11.1 Å². The van der Waals surface area contributed by atoms with Crippen LogP contribution in [-0.2, 0) is 17.6 Å². The lowest BCUT2D eigenvalue weighted by atomic mass is 9.67. The maximum Gasteiger partial charge on any atom is 0.270 e. The molecule has 1 atom stereocenters. The number of benzene rings is 1. The summed E-state index contributed by atoms with van der Waals surface area (Å²) in [5.74, 6) is 1.07. The van der Waals surface area contributed by atoms with Gasteiger partial charge in [0.1, 0.15) is 17.5 Å². The lowest BCUT2D eigenvalue weighted by Gasteiger charge is -2.46. The number of nitrogens with zero attached hydrogens (tertiary/aromatic N) is 2. The number of methoxy groups -OCH3 is 1. The Kier molecular flexibility index (Phi) is 6.55. The topological polar surface area (TPSA) is 98.2 Å². The van der Waals surface area contributed by atoms with Crippen molar-refractivity contribution in [3.63, 3.8) is 0 Å². The van der Waals surface area contributed by atoms with E-state index in [1.807, 2.05) is 17.0 Å². The van der Waals surface area contributed by atoms with Crippen molar-refractivity contribution in [2.24, 2.45) is 11.3 Å². The SMILES string of the molecule is COc1cccc2c1CC(C(=O)NC1CCC3(CC1)CCN(C(=O)c1cc(C#N)c[nH]1)CC3)CC2. The number of aromatic amines is 1. The minimum absolute atomic E-state index is 0.0125. The van der Waals surface area contributed by atoms with E-state index in [2.05, 4.69) is 22.4 Å². The van der Waals surface area contributed by atoms with Crippen LogP contribution in [0.3, 0.4) is 0 Å². The third kappa shape index (κ3) is 4.80. The number of aromatic nitrogens is 1. The first-order valence-corrected chi connectivity index (χ1v) is 12.8. The predicted molar refractivity (Wildman–Crippen MR) is 132 cm³/mol. The van der Waals surface area contributed by atoms with Crippen LogP contribution < -0.4 is 10.1 Å². The van der Waals surface area contributed by atoms with Crippen LogP contribution in [0.5, 0.6) is 5.75 Å². The maximum absolute atomic E-state index is 13.1. The van der Waals surface area contributed by atoms with Crippen molar-refractivity contribution in [3.05, 3.63) is 52.8 Å². The Morgan fingerprint density at radius 1 is 1.17 bits per heavy atom. The highest BCUT2D eigenvalue weighted by Crippen LogP contribution is 2.45. The van der Waals surface area contributed by atoms with Gasteiger partial charge < -0.3 is 19.9 Å². The number of ether oxygens (including phenoxy) is 1.